The van der Waals surface area contributed by atoms with Gasteiger partial charge in [-0.25, -0.2) is 0 Å². The number of aryl methyl sites for hydroxylation is 1. The van der Waals surface area contributed by atoms with Gasteiger partial charge in [0, 0.05) is 28.1 Å². The highest BCUT2D eigenvalue weighted by molar-refractivity contribution is 9.10. The van der Waals surface area contributed by atoms with E-state index in [4.69, 9.17) is 0 Å². The van der Waals surface area contributed by atoms with Gasteiger partial charge in [-0.2, -0.15) is 0 Å². The summed E-state index contributed by atoms with van der Waals surface area (Å²) in [6.07, 6.45) is 1.85. The Morgan fingerprint density at radius 1 is 1.47 bits per heavy atom. The zero-order chi connectivity index (χ0) is 11.6. The van der Waals surface area contributed by atoms with E-state index in [1.54, 1.807) is 4.57 Å². The molecule has 4 heteroatoms. The molecule has 0 fully saturated rings. The van der Waals surface area contributed by atoms with Gasteiger partial charge in [-0.05, 0) is 34.3 Å². The molecule has 0 spiro atoms. The molecule has 1 rings (SSSR count). The fraction of sp³-hybridized carbons (Fsp3) is 0.545. The van der Waals surface area contributed by atoms with Crippen LogP contribution in [0, 0.1) is 12.3 Å². The van der Waals surface area contributed by atoms with Crippen molar-refractivity contribution in [1.29, 1.82) is 0 Å². The van der Waals surface area contributed by atoms with Gasteiger partial charge in [-0.3, -0.25) is 4.79 Å². The van der Waals surface area contributed by atoms with Gasteiger partial charge in [0.2, 0.25) is 0 Å². The number of nitrogens with zero attached hydrogens (tertiary/aromatic N) is 1. The molecule has 84 valence electrons. The molecule has 0 saturated carbocycles. The van der Waals surface area contributed by atoms with Crippen LogP contribution in [0.1, 0.15) is 19.4 Å². The minimum atomic E-state index is 0.0804. The first kappa shape index (κ1) is 13.0. The van der Waals surface area contributed by atoms with Gasteiger partial charge in [-0.1, -0.05) is 29.8 Å². The van der Waals surface area contributed by atoms with E-state index in [2.05, 4.69) is 45.7 Å². The molecule has 0 unspecified atom stereocenters. The number of rotatable bonds is 3. The highest BCUT2D eigenvalue weighted by Crippen LogP contribution is 2.20. The molecule has 2 nitrogen and oxygen atoms in total. The van der Waals surface area contributed by atoms with Crippen LogP contribution in [-0.2, 0) is 6.54 Å². The molecule has 0 aliphatic rings. The molecule has 0 aliphatic heterocycles. The predicted molar refractivity (Wildman–Crippen MR) is 70.7 cm³/mol. The summed E-state index contributed by atoms with van der Waals surface area (Å²) < 4.78 is 2.71. The smallest absolute Gasteiger partial charge is 0.253 e. The Labute approximate surface area is 107 Å². The van der Waals surface area contributed by atoms with Crippen LogP contribution in [0.2, 0.25) is 0 Å². The van der Waals surface area contributed by atoms with Gasteiger partial charge in [0.05, 0.1) is 0 Å². The van der Waals surface area contributed by atoms with E-state index in [1.165, 1.54) is 0 Å². The number of pyridine rings is 1. The minimum absolute atomic E-state index is 0.0804. The lowest BCUT2D eigenvalue weighted by Crippen LogP contribution is -2.30. The molecule has 0 atom stereocenters. The zero-order valence-corrected chi connectivity index (χ0v) is 12.4. The molecule has 15 heavy (non-hydrogen) atoms. The van der Waals surface area contributed by atoms with Crippen molar-refractivity contribution in [3.05, 3.63) is 32.7 Å². The maximum Gasteiger partial charge on any atom is 0.253 e. The first-order valence-corrected chi connectivity index (χ1v) is 6.70. The summed E-state index contributed by atoms with van der Waals surface area (Å²) in [7, 11) is 0. The number of hydrogen-bond donors (Lipinski definition) is 0. The molecular weight excluding hydrogens is 322 g/mol. The van der Waals surface area contributed by atoms with Crippen LogP contribution in [0.3, 0.4) is 0 Å². The third kappa shape index (κ3) is 3.45. The van der Waals surface area contributed by atoms with Gasteiger partial charge in [0.1, 0.15) is 0 Å². The first-order chi connectivity index (χ1) is 6.85. The van der Waals surface area contributed by atoms with Crippen molar-refractivity contribution >= 4 is 31.9 Å². The average molecular weight is 337 g/mol. The van der Waals surface area contributed by atoms with Crippen molar-refractivity contribution in [1.82, 2.24) is 4.57 Å². The third-order valence-electron chi connectivity index (χ3n) is 2.19. The monoisotopic (exact) mass is 335 g/mol. The number of alkyl halides is 1. The second-order valence-electron chi connectivity index (χ2n) is 4.57. The summed E-state index contributed by atoms with van der Waals surface area (Å²) in [5, 5.41) is 0.873. The van der Waals surface area contributed by atoms with Crippen molar-refractivity contribution in [2.75, 3.05) is 5.33 Å². The van der Waals surface area contributed by atoms with E-state index < -0.39 is 0 Å². The van der Waals surface area contributed by atoms with Crippen LogP contribution in [0.4, 0.5) is 0 Å². The summed E-state index contributed by atoms with van der Waals surface area (Å²) in [6, 6.07) is 1.85. The standard InChI is InChI=1S/C11H15Br2NO/c1-8-4-9(13)5-14(10(8)15)7-11(2,3)6-12/h4-5H,6-7H2,1-3H3. The van der Waals surface area contributed by atoms with Crippen molar-refractivity contribution in [2.45, 2.75) is 27.3 Å². The van der Waals surface area contributed by atoms with Gasteiger partial charge in [-0.15, -0.1) is 0 Å². The highest BCUT2D eigenvalue weighted by Gasteiger charge is 2.17. The number of aromatic nitrogens is 1. The van der Waals surface area contributed by atoms with Gasteiger partial charge in [0.25, 0.3) is 5.56 Å². The fourth-order valence-corrected chi connectivity index (χ4v) is 2.13. The summed E-state index contributed by atoms with van der Waals surface area (Å²) in [6.45, 7) is 6.82. The topological polar surface area (TPSA) is 22.0 Å². The van der Waals surface area contributed by atoms with Gasteiger partial charge in [0.15, 0.2) is 0 Å². The van der Waals surface area contributed by atoms with E-state index in [0.717, 1.165) is 21.9 Å². The van der Waals surface area contributed by atoms with Crippen molar-refractivity contribution in [2.24, 2.45) is 5.41 Å². The lowest BCUT2D eigenvalue weighted by molar-refractivity contribution is 0.348. The summed E-state index contributed by atoms with van der Waals surface area (Å²) >= 11 is 6.87. The van der Waals surface area contributed by atoms with Crippen LogP contribution in [0.15, 0.2) is 21.5 Å². The molecular formula is C11H15Br2NO. The van der Waals surface area contributed by atoms with Crippen LogP contribution in [-0.4, -0.2) is 9.90 Å². The number of halogens is 2. The van der Waals surface area contributed by atoms with Crippen LogP contribution in [0.5, 0.6) is 0 Å². The maximum atomic E-state index is 11.8. The van der Waals surface area contributed by atoms with Crippen molar-refractivity contribution < 1.29 is 0 Å². The average Bonchev–Trinajstić information content (AvgIpc) is 2.13. The number of hydrogen-bond acceptors (Lipinski definition) is 1. The Morgan fingerprint density at radius 2 is 2.07 bits per heavy atom. The van der Waals surface area contributed by atoms with Crippen LogP contribution in [0.25, 0.3) is 0 Å². The zero-order valence-electron chi connectivity index (χ0n) is 9.18. The van der Waals surface area contributed by atoms with Crippen molar-refractivity contribution in [3.8, 4) is 0 Å². The largest absolute Gasteiger partial charge is 0.314 e. The second-order valence-corrected chi connectivity index (χ2v) is 6.05. The van der Waals surface area contributed by atoms with Crippen LogP contribution >= 0.6 is 31.9 Å². The Kier molecular flexibility index (Phi) is 4.18. The molecule has 0 N–H and O–H groups in total. The summed E-state index contributed by atoms with van der Waals surface area (Å²) in [5.74, 6) is 0. The Balaban J connectivity index is 3.11. The minimum Gasteiger partial charge on any atom is -0.314 e. The SMILES string of the molecule is Cc1cc(Br)cn(CC(C)(C)CBr)c1=O. The Morgan fingerprint density at radius 3 is 2.60 bits per heavy atom. The Hall–Kier alpha value is -0.0900. The van der Waals surface area contributed by atoms with Crippen molar-refractivity contribution in [3.63, 3.8) is 0 Å². The molecule has 0 aliphatic carbocycles. The maximum absolute atomic E-state index is 11.8. The fourth-order valence-electron chi connectivity index (χ4n) is 1.36. The van der Waals surface area contributed by atoms with Gasteiger partial charge < -0.3 is 4.57 Å². The first-order valence-electron chi connectivity index (χ1n) is 4.78. The third-order valence-corrected chi connectivity index (χ3v) is 4.14. The Bertz CT molecular complexity index is 410. The van der Waals surface area contributed by atoms with Gasteiger partial charge >= 0.3 is 0 Å². The molecule has 0 saturated heterocycles. The highest BCUT2D eigenvalue weighted by atomic mass is 79.9. The second kappa shape index (κ2) is 4.83. The summed E-state index contributed by atoms with van der Waals surface area (Å²) in [5.41, 5.74) is 0.943. The van der Waals surface area contributed by atoms with E-state index in [1.807, 2.05) is 19.2 Å². The van der Waals surface area contributed by atoms with E-state index in [-0.39, 0.29) is 11.0 Å². The quantitative estimate of drug-likeness (QED) is 0.776. The van der Waals surface area contributed by atoms with E-state index >= 15 is 0 Å². The van der Waals surface area contributed by atoms with Crippen LogP contribution < -0.4 is 5.56 Å². The molecule has 1 heterocycles. The van der Waals surface area contributed by atoms with E-state index in [0.29, 0.717) is 0 Å². The molecule has 0 bridgehead atoms. The normalized spacial score (nSPS) is 11.8. The molecule has 0 radical (unpaired) electrons. The lowest BCUT2D eigenvalue weighted by Gasteiger charge is -2.23. The molecule has 0 aromatic carbocycles. The molecule has 1 aromatic rings. The molecule has 1 aromatic heterocycles. The lowest BCUT2D eigenvalue weighted by atomic mass is 9.96. The summed E-state index contributed by atoms with van der Waals surface area (Å²) in [4.78, 5) is 11.8. The predicted octanol–water partition coefficient (Wildman–Crippen LogP) is 3.34. The van der Waals surface area contributed by atoms with E-state index in [9.17, 15) is 4.79 Å². The molecule has 0 amide bonds.